The Morgan fingerprint density at radius 2 is 2.17 bits per heavy atom. The molecule has 0 aliphatic carbocycles. The van der Waals surface area contributed by atoms with E-state index in [-0.39, 0.29) is 18.3 Å². The minimum absolute atomic E-state index is 0.0863. The molecule has 3 rings (SSSR count). The fraction of sp³-hybridized carbons (Fsp3) is 0.385. The predicted octanol–water partition coefficient (Wildman–Crippen LogP) is 0.925. The summed E-state index contributed by atoms with van der Waals surface area (Å²) < 4.78 is 14.1. The van der Waals surface area contributed by atoms with Crippen molar-refractivity contribution in [2.45, 2.75) is 6.54 Å². The summed E-state index contributed by atoms with van der Waals surface area (Å²) in [5.41, 5.74) is 0.0863. The van der Waals surface area contributed by atoms with Crippen molar-refractivity contribution in [2.75, 3.05) is 31.6 Å². The van der Waals surface area contributed by atoms with Gasteiger partial charge in [-0.15, -0.1) is 5.10 Å². The standard InChI is InChI=1S/C13H15N5O4S/c19-11(14-8-9-2-1-5-22-9)10-12(23-17-16-10)15-13(20)18-3-6-21-7-4-18/h1-2,5H,3-4,6-8H2,(H,14,19)(H,15,20). The number of anilines is 1. The first-order valence-electron chi connectivity index (χ1n) is 7.00. The number of hydrogen-bond acceptors (Lipinski definition) is 7. The first-order chi connectivity index (χ1) is 11.2. The molecule has 2 aromatic rings. The Morgan fingerprint density at radius 3 is 2.91 bits per heavy atom. The summed E-state index contributed by atoms with van der Waals surface area (Å²) in [6, 6.07) is 3.19. The molecule has 0 bridgehead atoms. The number of aromatic nitrogens is 2. The summed E-state index contributed by atoms with van der Waals surface area (Å²) in [7, 11) is 0. The zero-order valence-electron chi connectivity index (χ0n) is 12.2. The largest absolute Gasteiger partial charge is 0.467 e. The van der Waals surface area contributed by atoms with E-state index in [0.717, 1.165) is 11.5 Å². The fourth-order valence-corrected chi connectivity index (χ4v) is 2.59. The average Bonchev–Trinajstić information content (AvgIpc) is 3.25. The quantitative estimate of drug-likeness (QED) is 0.859. The monoisotopic (exact) mass is 337 g/mol. The van der Waals surface area contributed by atoms with Crippen LogP contribution in [0.1, 0.15) is 16.2 Å². The van der Waals surface area contributed by atoms with Gasteiger partial charge in [0.2, 0.25) is 0 Å². The highest BCUT2D eigenvalue weighted by atomic mass is 32.1. The van der Waals surface area contributed by atoms with Gasteiger partial charge in [0.1, 0.15) is 5.76 Å². The number of morpholine rings is 1. The summed E-state index contributed by atoms with van der Waals surface area (Å²) in [5.74, 6) is 0.202. The smallest absolute Gasteiger partial charge is 0.322 e. The van der Waals surface area contributed by atoms with Gasteiger partial charge in [0.05, 0.1) is 26.0 Å². The first kappa shape index (κ1) is 15.4. The molecule has 1 saturated heterocycles. The molecule has 3 heterocycles. The number of urea groups is 1. The van der Waals surface area contributed by atoms with Crippen LogP contribution in [0.3, 0.4) is 0 Å². The molecule has 1 fully saturated rings. The zero-order valence-corrected chi connectivity index (χ0v) is 13.0. The minimum Gasteiger partial charge on any atom is -0.467 e. The molecule has 0 unspecified atom stereocenters. The fourth-order valence-electron chi connectivity index (χ4n) is 2.03. The Bertz CT molecular complexity index is 666. The summed E-state index contributed by atoms with van der Waals surface area (Å²) in [6.45, 7) is 2.27. The molecule has 1 aliphatic rings. The van der Waals surface area contributed by atoms with E-state index in [1.54, 1.807) is 17.0 Å². The van der Waals surface area contributed by atoms with Gasteiger partial charge in [-0.1, -0.05) is 4.49 Å². The van der Waals surface area contributed by atoms with Gasteiger partial charge in [-0.2, -0.15) is 0 Å². The predicted molar refractivity (Wildman–Crippen MR) is 81.2 cm³/mol. The van der Waals surface area contributed by atoms with E-state index in [1.165, 1.54) is 6.26 Å². The number of rotatable bonds is 4. The van der Waals surface area contributed by atoms with Gasteiger partial charge in [0, 0.05) is 24.6 Å². The van der Waals surface area contributed by atoms with Crippen molar-refractivity contribution in [1.82, 2.24) is 19.8 Å². The van der Waals surface area contributed by atoms with Crippen LogP contribution in [-0.2, 0) is 11.3 Å². The van der Waals surface area contributed by atoms with E-state index < -0.39 is 5.91 Å². The molecule has 122 valence electrons. The maximum absolute atomic E-state index is 12.1. The molecular formula is C13H15N5O4S. The maximum atomic E-state index is 12.1. The van der Waals surface area contributed by atoms with Crippen LogP contribution in [0.5, 0.6) is 0 Å². The van der Waals surface area contributed by atoms with Crippen molar-refractivity contribution in [1.29, 1.82) is 0 Å². The highest BCUT2D eigenvalue weighted by Gasteiger charge is 2.22. The first-order valence-corrected chi connectivity index (χ1v) is 7.78. The number of nitrogens with one attached hydrogen (secondary N) is 2. The molecule has 0 atom stereocenters. The number of carbonyl (C=O) groups is 2. The third-order valence-electron chi connectivity index (χ3n) is 3.23. The van der Waals surface area contributed by atoms with E-state index in [4.69, 9.17) is 9.15 Å². The van der Waals surface area contributed by atoms with Gasteiger partial charge in [-0.05, 0) is 12.1 Å². The van der Waals surface area contributed by atoms with Crippen LogP contribution in [0.2, 0.25) is 0 Å². The number of ether oxygens (including phenoxy) is 1. The number of nitrogens with zero attached hydrogens (tertiary/aromatic N) is 3. The third kappa shape index (κ3) is 3.85. The zero-order chi connectivity index (χ0) is 16.1. The molecule has 2 aromatic heterocycles. The van der Waals surface area contributed by atoms with E-state index in [9.17, 15) is 9.59 Å². The number of furan rings is 1. The molecule has 0 aromatic carbocycles. The van der Waals surface area contributed by atoms with Gasteiger partial charge >= 0.3 is 6.03 Å². The second-order valence-electron chi connectivity index (χ2n) is 4.74. The Balaban J connectivity index is 1.59. The molecule has 23 heavy (non-hydrogen) atoms. The van der Waals surface area contributed by atoms with Crippen LogP contribution in [0.25, 0.3) is 0 Å². The SMILES string of the molecule is O=C(NCc1ccco1)c1nnsc1NC(=O)N1CCOCC1. The van der Waals surface area contributed by atoms with E-state index >= 15 is 0 Å². The molecule has 10 heteroatoms. The third-order valence-corrected chi connectivity index (χ3v) is 3.87. The van der Waals surface area contributed by atoms with E-state index in [2.05, 4.69) is 20.2 Å². The number of amides is 3. The maximum Gasteiger partial charge on any atom is 0.322 e. The van der Waals surface area contributed by atoms with Gasteiger partial charge < -0.3 is 19.4 Å². The van der Waals surface area contributed by atoms with Crippen LogP contribution in [0.15, 0.2) is 22.8 Å². The molecule has 2 N–H and O–H groups in total. The molecule has 9 nitrogen and oxygen atoms in total. The Hall–Kier alpha value is -2.46. The second kappa shape index (κ2) is 7.20. The van der Waals surface area contributed by atoms with Crippen molar-refractivity contribution in [3.8, 4) is 0 Å². The van der Waals surface area contributed by atoms with E-state index in [1.807, 2.05) is 0 Å². The topological polar surface area (TPSA) is 110 Å². The lowest BCUT2D eigenvalue weighted by Crippen LogP contribution is -2.43. The molecule has 0 radical (unpaired) electrons. The van der Waals surface area contributed by atoms with Gasteiger partial charge in [0.25, 0.3) is 5.91 Å². The van der Waals surface area contributed by atoms with Crippen LogP contribution >= 0.6 is 11.5 Å². The lowest BCUT2D eigenvalue weighted by Gasteiger charge is -2.26. The number of carbonyl (C=O) groups excluding carboxylic acids is 2. The lowest BCUT2D eigenvalue weighted by atomic mass is 10.4. The highest BCUT2D eigenvalue weighted by molar-refractivity contribution is 7.10. The van der Waals surface area contributed by atoms with Crippen molar-refractivity contribution in [3.63, 3.8) is 0 Å². The van der Waals surface area contributed by atoms with Crippen LogP contribution in [-0.4, -0.2) is 52.7 Å². The Morgan fingerprint density at radius 1 is 1.35 bits per heavy atom. The van der Waals surface area contributed by atoms with Gasteiger partial charge in [-0.25, -0.2) is 4.79 Å². The summed E-state index contributed by atoms with van der Waals surface area (Å²) in [6.07, 6.45) is 1.53. The van der Waals surface area contributed by atoms with Gasteiger partial charge in [-0.3, -0.25) is 10.1 Å². The molecular weight excluding hydrogens is 322 g/mol. The lowest BCUT2D eigenvalue weighted by molar-refractivity contribution is 0.0565. The van der Waals surface area contributed by atoms with Crippen LogP contribution in [0.4, 0.5) is 9.80 Å². The van der Waals surface area contributed by atoms with E-state index in [0.29, 0.717) is 37.1 Å². The molecule has 0 spiro atoms. The normalized spacial score (nSPS) is 14.5. The van der Waals surface area contributed by atoms with Gasteiger partial charge in [0.15, 0.2) is 10.7 Å². The summed E-state index contributed by atoms with van der Waals surface area (Å²) in [5, 5.41) is 9.44. The van der Waals surface area contributed by atoms with Crippen molar-refractivity contribution in [3.05, 3.63) is 29.9 Å². The minimum atomic E-state index is -0.424. The van der Waals surface area contributed by atoms with Crippen molar-refractivity contribution < 1.29 is 18.7 Å². The van der Waals surface area contributed by atoms with Crippen molar-refractivity contribution >= 4 is 28.5 Å². The Labute approximate surface area is 135 Å². The molecule has 3 amide bonds. The summed E-state index contributed by atoms with van der Waals surface area (Å²) >= 11 is 0.958. The van der Waals surface area contributed by atoms with Crippen molar-refractivity contribution in [2.24, 2.45) is 0 Å². The van der Waals surface area contributed by atoms with Crippen LogP contribution in [0, 0.1) is 0 Å². The van der Waals surface area contributed by atoms with Crippen LogP contribution < -0.4 is 10.6 Å². The Kier molecular flexibility index (Phi) is 4.83. The number of hydrogen-bond donors (Lipinski definition) is 2. The second-order valence-corrected chi connectivity index (χ2v) is 5.50. The molecule has 0 saturated carbocycles. The highest BCUT2D eigenvalue weighted by Crippen LogP contribution is 2.18. The average molecular weight is 337 g/mol. The summed E-state index contributed by atoms with van der Waals surface area (Å²) in [4.78, 5) is 25.9. The molecule has 1 aliphatic heterocycles.